The van der Waals surface area contributed by atoms with E-state index in [1.54, 1.807) is 36.4 Å². The molecule has 3 rings (SSSR count). The van der Waals surface area contributed by atoms with E-state index in [-0.39, 0.29) is 29.2 Å². The highest BCUT2D eigenvalue weighted by Gasteiger charge is 2.37. The summed E-state index contributed by atoms with van der Waals surface area (Å²) < 4.78 is 11.4. The van der Waals surface area contributed by atoms with E-state index in [0.717, 1.165) is 17.0 Å². The zero-order valence-corrected chi connectivity index (χ0v) is 19.0. The number of nitro benzene ring substituents is 1. The zero-order chi connectivity index (χ0) is 23.3. The standard InChI is InChI=1S/C24H31N3O5/c1-5-31-18-10-7-16(8-11-18)23(28)25-15-24(3,4)22-14-21(32-6-2)19-13-17(27(29)30)9-12-20(19)26-22/h7-13,21-22,26H,5-6,14-15H2,1-4H3,(H,25,28). The molecule has 2 aromatic rings. The van der Waals surface area contributed by atoms with Crippen molar-refractivity contribution in [1.29, 1.82) is 0 Å². The first-order chi connectivity index (χ1) is 15.2. The van der Waals surface area contributed by atoms with Crippen molar-refractivity contribution in [2.24, 2.45) is 5.41 Å². The first kappa shape index (κ1) is 23.5. The topological polar surface area (TPSA) is 103 Å². The van der Waals surface area contributed by atoms with Gasteiger partial charge in [0, 0.05) is 53.6 Å². The molecule has 0 saturated heterocycles. The molecule has 0 fully saturated rings. The van der Waals surface area contributed by atoms with Gasteiger partial charge in [0.25, 0.3) is 11.6 Å². The van der Waals surface area contributed by atoms with Crippen molar-refractivity contribution in [2.75, 3.05) is 25.1 Å². The molecule has 0 radical (unpaired) electrons. The maximum Gasteiger partial charge on any atom is 0.269 e. The number of amides is 1. The molecular weight excluding hydrogens is 410 g/mol. The summed E-state index contributed by atoms with van der Waals surface area (Å²) in [5.41, 5.74) is 1.96. The molecule has 0 bridgehead atoms. The average Bonchev–Trinajstić information content (AvgIpc) is 2.78. The van der Waals surface area contributed by atoms with Crippen LogP contribution in [-0.4, -0.2) is 36.6 Å². The van der Waals surface area contributed by atoms with Crippen molar-refractivity contribution in [3.05, 3.63) is 63.7 Å². The quantitative estimate of drug-likeness (QED) is 0.431. The lowest BCUT2D eigenvalue weighted by molar-refractivity contribution is -0.385. The first-order valence-corrected chi connectivity index (χ1v) is 10.9. The molecule has 2 N–H and O–H groups in total. The molecule has 2 unspecified atom stereocenters. The lowest BCUT2D eigenvalue weighted by Crippen LogP contribution is -2.47. The van der Waals surface area contributed by atoms with Crippen molar-refractivity contribution in [3.8, 4) is 5.75 Å². The lowest BCUT2D eigenvalue weighted by Gasteiger charge is -2.41. The summed E-state index contributed by atoms with van der Waals surface area (Å²) >= 11 is 0. The predicted octanol–water partition coefficient (Wildman–Crippen LogP) is 4.71. The van der Waals surface area contributed by atoms with Gasteiger partial charge < -0.3 is 20.1 Å². The Morgan fingerprint density at radius 1 is 1.19 bits per heavy atom. The SMILES string of the molecule is CCOc1ccc(C(=O)NCC(C)(C)C2CC(OCC)c3cc([N+](=O)[O-])ccc3N2)cc1. The molecule has 0 saturated carbocycles. The summed E-state index contributed by atoms with van der Waals surface area (Å²) in [7, 11) is 0. The smallest absolute Gasteiger partial charge is 0.269 e. The van der Waals surface area contributed by atoms with Crippen LogP contribution in [0.1, 0.15) is 56.1 Å². The molecular formula is C24H31N3O5. The van der Waals surface area contributed by atoms with Crippen LogP contribution in [0.25, 0.3) is 0 Å². The van der Waals surface area contributed by atoms with Gasteiger partial charge in [0.2, 0.25) is 0 Å². The number of carbonyl (C=O) groups is 1. The summed E-state index contributed by atoms with van der Waals surface area (Å²) in [6.45, 7) is 9.54. The van der Waals surface area contributed by atoms with E-state index in [4.69, 9.17) is 9.47 Å². The molecule has 32 heavy (non-hydrogen) atoms. The van der Waals surface area contributed by atoms with E-state index in [2.05, 4.69) is 24.5 Å². The van der Waals surface area contributed by atoms with Gasteiger partial charge in [-0.05, 0) is 50.6 Å². The number of fused-ring (bicyclic) bond motifs is 1. The Hall–Kier alpha value is -3.13. The van der Waals surface area contributed by atoms with Gasteiger partial charge in [-0.1, -0.05) is 13.8 Å². The van der Waals surface area contributed by atoms with Crippen LogP contribution in [0.2, 0.25) is 0 Å². The monoisotopic (exact) mass is 441 g/mol. The molecule has 172 valence electrons. The van der Waals surface area contributed by atoms with Crippen LogP contribution >= 0.6 is 0 Å². The van der Waals surface area contributed by atoms with Crippen LogP contribution in [0.15, 0.2) is 42.5 Å². The van der Waals surface area contributed by atoms with Crippen LogP contribution in [-0.2, 0) is 4.74 Å². The van der Waals surface area contributed by atoms with Gasteiger partial charge in [0.05, 0.1) is 17.6 Å². The fourth-order valence-electron chi connectivity index (χ4n) is 3.93. The minimum absolute atomic E-state index is 0.00800. The number of anilines is 1. The van der Waals surface area contributed by atoms with Crippen LogP contribution in [0, 0.1) is 15.5 Å². The van der Waals surface area contributed by atoms with Crippen molar-refractivity contribution < 1.29 is 19.2 Å². The minimum atomic E-state index is -0.393. The Bertz CT molecular complexity index is 959. The summed E-state index contributed by atoms with van der Waals surface area (Å²) in [6.07, 6.45) is 0.399. The zero-order valence-electron chi connectivity index (χ0n) is 19.0. The number of carbonyl (C=O) groups excluding carboxylic acids is 1. The average molecular weight is 442 g/mol. The normalized spacial score (nSPS) is 17.8. The number of hydrogen-bond acceptors (Lipinski definition) is 6. The third kappa shape index (κ3) is 5.37. The highest BCUT2D eigenvalue weighted by atomic mass is 16.6. The van der Waals surface area contributed by atoms with Gasteiger partial charge >= 0.3 is 0 Å². The molecule has 0 aromatic heterocycles. The first-order valence-electron chi connectivity index (χ1n) is 10.9. The van der Waals surface area contributed by atoms with Crippen molar-refractivity contribution >= 4 is 17.3 Å². The summed E-state index contributed by atoms with van der Waals surface area (Å²) in [4.78, 5) is 23.4. The highest BCUT2D eigenvalue weighted by molar-refractivity contribution is 5.94. The third-order valence-corrected chi connectivity index (χ3v) is 5.82. The molecule has 1 heterocycles. The van der Waals surface area contributed by atoms with Gasteiger partial charge in [0.15, 0.2) is 0 Å². The van der Waals surface area contributed by atoms with Crippen molar-refractivity contribution in [2.45, 2.75) is 46.3 Å². The molecule has 2 aromatic carbocycles. The van der Waals surface area contributed by atoms with E-state index in [0.29, 0.717) is 31.7 Å². The van der Waals surface area contributed by atoms with Crippen LogP contribution < -0.4 is 15.4 Å². The molecule has 1 aliphatic rings. The Kier molecular flexibility index (Phi) is 7.35. The fraction of sp³-hybridized carbons (Fsp3) is 0.458. The number of benzene rings is 2. The number of nitro groups is 1. The Morgan fingerprint density at radius 2 is 1.91 bits per heavy atom. The number of rotatable bonds is 9. The number of ether oxygens (including phenoxy) is 2. The Balaban J connectivity index is 1.70. The van der Waals surface area contributed by atoms with Gasteiger partial charge in [-0.25, -0.2) is 0 Å². The van der Waals surface area contributed by atoms with E-state index in [1.807, 2.05) is 13.8 Å². The Labute approximate surface area is 188 Å². The maximum absolute atomic E-state index is 12.6. The largest absolute Gasteiger partial charge is 0.494 e. The second-order valence-corrected chi connectivity index (χ2v) is 8.53. The van der Waals surface area contributed by atoms with Crippen LogP contribution in [0.4, 0.5) is 11.4 Å². The van der Waals surface area contributed by atoms with Gasteiger partial charge in [-0.3, -0.25) is 14.9 Å². The van der Waals surface area contributed by atoms with Crippen LogP contribution in [0.3, 0.4) is 0 Å². The summed E-state index contributed by atoms with van der Waals surface area (Å²) in [5, 5.41) is 17.7. The minimum Gasteiger partial charge on any atom is -0.494 e. The molecule has 1 aliphatic heterocycles. The number of nitrogens with one attached hydrogen (secondary N) is 2. The lowest BCUT2D eigenvalue weighted by atomic mass is 9.78. The highest BCUT2D eigenvalue weighted by Crippen LogP contribution is 2.41. The number of non-ortho nitro benzene ring substituents is 1. The predicted molar refractivity (Wildman–Crippen MR) is 123 cm³/mol. The van der Waals surface area contributed by atoms with E-state index >= 15 is 0 Å². The van der Waals surface area contributed by atoms with Gasteiger partial charge in [0.1, 0.15) is 5.75 Å². The van der Waals surface area contributed by atoms with Gasteiger partial charge in [-0.2, -0.15) is 0 Å². The van der Waals surface area contributed by atoms with E-state index in [1.165, 1.54) is 6.07 Å². The summed E-state index contributed by atoms with van der Waals surface area (Å²) in [5.74, 6) is 0.589. The van der Waals surface area contributed by atoms with Gasteiger partial charge in [-0.15, -0.1) is 0 Å². The number of nitrogens with zero attached hydrogens (tertiary/aromatic N) is 1. The Morgan fingerprint density at radius 3 is 2.53 bits per heavy atom. The second-order valence-electron chi connectivity index (χ2n) is 8.53. The van der Waals surface area contributed by atoms with Crippen LogP contribution in [0.5, 0.6) is 5.75 Å². The second kappa shape index (κ2) is 9.99. The van der Waals surface area contributed by atoms with E-state index < -0.39 is 4.92 Å². The van der Waals surface area contributed by atoms with Crippen molar-refractivity contribution in [1.82, 2.24) is 5.32 Å². The molecule has 8 heteroatoms. The molecule has 1 amide bonds. The molecule has 0 spiro atoms. The third-order valence-electron chi connectivity index (χ3n) is 5.82. The summed E-state index contributed by atoms with van der Waals surface area (Å²) in [6, 6.07) is 11.9. The molecule has 0 aliphatic carbocycles. The fourth-order valence-corrected chi connectivity index (χ4v) is 3.93. The maximum atomic E-state index is 12.6. The van der Waals surface area contributed by atoms with E-state index in [9.17, 15) is 14.9 Å². The molecule has 8 nitrogen and oxygen atoms in total. The van der Waals surface area contributed by atoms with Crippen molar-refractivity contribution in [3.63, 3.8) is 0 Å². The molecule has 2 atom stereocenters. The number of hydrogen-bond donors (Lipinski definition) is 2.